The van der Waals surface area contributed by atoms with Gasteiger partial charge in [-0.1, -0.05) is 0 Å². The third-order valence-corrected chi connectivity index (χ3v) is 4.36. The molecule has 0 aliphatic carbocycles. The van der Waals surface area contributed by atoms with Crippen LogP contribution in [0.1, 0.15) is 16.1 Å². The number of nitrogens with zero attached hydrogens (tertiary/aromatic N) is 5. The maximum absolute atomic E-state index is 12.4. The summed E-state index contributed by atoms with van der Waals surface area (Å²) in [5, 5.41) is 15.8. The molecule has 27 heavy (non-hydrogen) atoms. The Bertz CT molecular complexity index is 999. The van der Waals surface area contributed by atoms with Gasteiger partial charge in [-0.25, -0.2) is 9.67 Å². The second-order valence-electron chi connectivity index (χ2n) is 5.55. The van der Waals surface area contributed by atoms with Crippen LogP contribution in [0.2, 0.25) is 0 Å². The van der Waals surface area contributed by atoms with Crippen molar-refractivity contribution in [1.29, 1.82) is 0 Å². The minimum atomic E-state index is -0.198. The average Bonchev–Trinajstić information content (AvgIpc) is 3.41. The molecule has 0 aliphatic rings. The fourth-order valence-electron chi connectivity index (χ4n) is 2.35. The van der Waals surface area contributed by atoms with Crippen LogP contribution in [0.3, 0.4) is 0 Å². The number of carbonyl (C=O) groups excluding carboxylic acids is 1. The Labute approximate surface area is 158 Å². The highest BCUT2D eigenvalue weighted by molar-refractivity contribution is 7.07. The smallest absolute Gasteiger partial charge is 0.255 e. The van der Waals surface area contributed by atoms with E-state index in [2.05, 4.69) is 25.8 Å². The van der Waals surface area contributed by atoms with Crippen molar-refractivity contribution in [1.82, 2.24) is 25.2 Å². The third kappa shape index (κ3) is 4.15. The van der Waals surface area contributed by atoms with Crippen LogP contribution in [0.25, 0.3) is 5.69 Å². The van der Waals surface area contributed by atoms with Crippen LogP contribution in [0.5, 0.6) is 5.75 Å². The Kier molecular flexibility index (Phi) is 4.84. The van der Waals surface area contributed by atoms with Gasteiger partial charge in [-0.05, 0) is 59.0 Å². The van der Waals surface area contributed by atoms with Crippen molar-refractivity contribution in [2.24, 2.45) is 0 Å². The van der Waals surface area contributed by atoms with Gasteiger partial charge in [-0.3, -0.25) is 4.79 Å². The summed E-state index contributed by atoms with van der Waals surface area (Å²) in [5.41, 5.74) is 4.68. The summed E-state index contributed by atoms with van der Waals surface area (Å²) in [4.78, 5) is 16.5. The van der Waals surface area contributed by atoms with Crippen molar-refractivity contribution < 1.29 is 9.53 Å². The lowest BCUT2D eigenvalue weighted by atomic mass is 10.2. The summed E-state index contributed by atoms with van der Waals surface area (Å²) >= 11 is 1.53. The molecular formula is C18H14N6O2S. The lowest BCUT2D eigenvalue weighted by Crippen LogP contribution is -2.11. The van der Waals surface area contributed by atoms with Crippen LogP contribution in [0.15, 0.2) is 65.7 Å². The Balaban J connectivity index is 1.36. The van der Waals surface area contributed by atoms with Crippen molar-refractivity contribution in [3.63, 3.8) is 0 Å². The predicted octanol–water partition coefficient (Wildman–Crippen LogP) is 2.95. The lowest BCUT2D eigenvalue weighted by molar-refractivity contribution is 0.102. The summed E-state index contributed by atoms with van der Waals surface area (Å²) in [6.07, 6.45) is 1.51. The zero-order valence-electron chi connectivity index (χ0n) is 14.0. The van der Waals surface area contributed by atoms with E-state index in [1.54, 1.807) is 41.9 Å². The van der Waals surface area contributed by atoms with E-state index in [-0.39, 0.29) is 5.91 Å². The number of ether oxygens (including phenoxy) is 1. The number of benzene rings is 2. The van der Waals surface area contributed by atoms with Crippen molar-refractivity contribution in [3.05, 3.63) is 77.0 Å². The number of hydrogen-bond acceptors (Lipinski definition) is 7. The molecule has 2 heterocycles. The minimum absolute atomic E-state index is 0.198. The molecule has 4 aromatic rings. The summed E-state index contributed by atoms with van der Waals surface area (Å²) in [7, 11) is 0. The third-order valence-electron chi connectivity index (χ3n) is 3.73. The molecule has 0 bridgehead atoms. The number of nitrogens with one attached hydrogen (secondary N) is 1. The Morgan fingerprint density at radius 2 is 1.93 bits per heavy atom. The first-order chi connectivity index (χ1) is 13.3. The van der Waals surface area contributed by atoms with E-state index in [1.807, 2.05) is 17.5 Å². The fraction of sp³-hybridized carbons (Fsp3) is 0.0556. The highest BCUT2D eigenvalue weighted by atomic mass is 32.1. The first-order valence-corrected chi connectivity index (χ1v) is 8.97. The molecule has 0 aliphatic heterocycles. The number of hydrogen-bond donors (Lipinski definition) is 1. The molecule has 134 valence electrons. The quantitative estimate of drug-likeness (QED) is 0.554. The van der Waals surface area contributed by atoms with Crippen LogP contribution in [0.4, 0.5) is 5.69 Å². The molecule has 2 aromatic heterocycles. The standard InChI is InChI=1S/C18H14N6O2S/c25-18(21-14-3-5-16(6-4-14)24-11-20-22-23-24)13-1-7-17(8-2-13)26-9-15-10-27-12-19-15/h1-8,10-12H,9H2,(H,21,25). The number of thiazole rings is 1. The van der Waals surface area contributed by atoms with Crippen molar-refractivity contribution in [2.75, 3.05) is 5.32 Å². The maximum Gasteiger partial charge on any atom is 0.255 e. The highest BCUT2D eigenvalue weighted by Gasteiger charge is 2.07. The predicted molar refractivity (Wildman–Crippen MR) is 100.0 cm³/mol. The minimum Gasteiger partial charge on any atom is -0.487 e. The zero-order chi connectivity index (χ0) is 18.5. The van der Waals surface area contributed by atoms with Crippen LogP contribution < -0.4 is 10.1 Å². The van der Waals surface area contributed by atoms with E-state index < -0.39 is 0 Å². The van der Waals surface area contributed by atoms with Gasteiger partial charge in [0.2, 0.25) is 0 Å². The molecule has 0 saturated heterocycles. The van der Waals surface area contributed by atoms with E-state index >= 15 is 0 Å². The van der Waals surface area contributed by atoms with Crippen LogP contribution in [0, 0.1) is 0 Å². The number of anilines is 1. The van der Waals surface area contributed by atoms with Gasteiger partial charge in [0.05, 0.1) is 16.9 Å². The van der Waals surface area contributed by atoms with Crippen molar-refractivity contribution >= 4 is 22.9 Å². The number of rotatable bonds is 6. The molecule has 8 nitrogen and oxygen atoms in total. The molecule has 0 spiro atoms. The Morgan fingerprint density at radius 1 is 1.11 bits per heavy atom. The topological polar surface area (TPSA) is 94.8 Å². The van der Waals surface area contributed by atoms with Gasteiger partial charge >= 0.3 is 0 Å². The van der Waals surface area contributed by atoms with Gasteiger partial charge in [0.1, 0.15) is 18.7 Å². The van der Waals surface area contributed by atoms with Crippen LogP contribution in [-0.4, -0.2) is 31.1 Å². The second-order valence-corrected chi connectivity index (χ2v) is 6.27. The van der Waals surface area contributed by atoms with Gasteiger partial charge in [0.15, 0.2) is 0 Å². The summed E-state index contributed by atoms with van der Waals surface area (Å²) in [5.74, 6) is 0.488. The van der Waals surface area contributed by atoms with Gasteiger partial charge in [-0.15, -0.1) is 16.4 Å². The highest BCUT2D eigenvalue weighted by Crippen LogP contribution is 2.17. The van der Waals surface area contributed by atoms with E-state index in [0.29, 0.717) is 23.6 Å². The van der Waals surface area contributed by atoms with Crippen LogP contribution in [-0.2, 0) is 6.61 Å². The normalized spacial score (nSPS) is 10.5. The molecule has 1 amide bonds. The molecule has 0 fully saturated rings. The molecule has 0 radical (unpaired) electrons. The first-order valence-electron chi connectivity index (χ1n) is 8.03. The van der Waals surface area contributed by atoms with E-state index in [1.165, 1.54) is 22.3 Å². The number of amides is 1. The molecule has 1 N–H and O–H groups in total. The molecule has 2 aromatic carbocycles. The van der Waals surface area contributed by atoms with Crippen LogP contribution >= 0.6 is 11.3 Å². The first kappa shape index (κ1) is 16.9. The number of tetrazole rings is 1. The Hall–Kier alpha value is -3.59. The van der Waals surface area contributed by atoms with Gasteiger partial charge < -0.3 is 10.1 Å². The molecule has 0 saturated carbocycles. The van der Waals surface area contributed by atoms with Gasteiger partial charge in [0, 0.05) is 16.6 Å². The van der Waals surface area contributed by atoms with Crippen molar-refractivity contribution in [2.45, 2.75) is 6.61 Å². The van der Waals surface area contributed by atoms with Gasteiger partial charge in [0.25, 0.3) is 5.91 Å². The molecule has 0 atom stereocenters. The lowest BCUT2D eigenvalue weighted by Gasteiger charge is -2.08. The second kappa shape index (κ2) is 7.75. The monoisotopic (exact) mass is 378 g/mol. The van der Waals surface area contributed by atoms with Gasteiger partial charge in [-0.2, -0.15) is 0 Å². The molecular weight excluding hydrogens is 364 g/mol. The zero-order valence-corrected chi connectivity index (χ0v) is 14.8. The van der Waals surface area contributed by atoms with E-state index in [9.17, 15) is 4.79 Å². The molecule has 4 rings (SSSR count). The summed E-state index contributed by atoms with van der Waals surface area (Å²) < 4.78 is 7.18. The van der Waals surface area contributed by atoms with E-state index in [4.69, 9.17) is 4.74 Å². The average molecular weight is 378 g/mol. The summed E-state index contributed by atoms with van der Waals surface area (Å²) in [6, 6.07) is 14.2. The number of carbonyl (C=O) groups is 1. The summed E-state index contributed by atoms with van der Waals surface area (Å²) in [6.45, 7) is 0.405. The SMILES string of the molecule is O=C(Nc1ccc(-n2cnnn2)cc1)c1ccc(OCc2cscn2)cc1. The molecule has 0 unspecified atom stereocenters. The Morgan fingerprint density at radius 3 is 2.59 bits per heavy atom. The maximum atomic E-state index is 12.4. The number of aromatic nitrogens is 5. The van der Waals surface area contributed by atoms with E-state index in [0.717, 1.165) is 11.4 Å². The largest absolute Gasteiger partial charge is 0.487 e. The molecule has 9 heteroatoms. The fourth-order valence-corrected chi connectivity index (χ4v) is 2.89. The van der Waals surface area contributed by atoms with Crippen molar-refractivity contribution in [3.8, 4) is 11.4 Å².